The second-order valence-electron chi connectivity index (χ2n) is 2.02. The number of hydrogen-bond donors (Lipinski definition) is 2. The summed E-state index contributed by atoms with van der Waals surface area (Å²) >= 11 is 0. The van der Waals surface area contributed by atoms with Crippen molar-refractivity contribution >= 4 is 11.5 Å². The Hall–Kier alpha value is -1.49. The van der Waals surface area contributed by atoms with Gasteiger partial charge in [-0.3, -0.25) is 4.84 Å². The van der Waals surface area contributed by atoms with Gasteiger partial charge in [0.15, 0.2) is 5.82 Å². The van der Waals surface area contributed by atoms with Crippen molar-refractivity contribution in [2.24, 2.45) is 5.11 Å². The number of nitrogens with zero attached hydrogens (tertiary/aromatic N) is 2. The lowest BCUT2D eigenvalue weighted by Gasteiger charge is -2.04. The number of rotatable bonds is 4. The molecule has 0 saturated carbocycles. The molecule has 12 heavy (non-hydrogen) atoms. The summed E-state index contributed by atoms with van der Waals surface area (Å²) in [6.07, 6.45) is 1.61. The molecule has 0 aliphatic heterocycles. The largest absolute Gasteiger partial charge is 0.275 e. The molecule has 64 valence electrons. The first-order valence-corrected chi connectivity index (χ1v) is 3.58. The van der Waals surface area contributed by atoms with Crippen molar-refractivity contribution in [3.8, 4) is 0 Å². The van der Waals surface area contributed by atoms with Crippen molar-refractivity contribution in [1.29, 1.82) is 5.53 Å². The highest BCUT2D eigenvalue weighted by Gasteiger charge is 1.99. The van der Waals surface area contributed by atoms with Crippen molar-refractivity contribution < 1.29 is 4.84 Å². The summed E-state index contributed by atoms with van der Waals surface area (Å²) < 4.78 is 0. The van der Waals surface area contributed by atoms with Gasteiger partial charge in [0.05, 0.1) is 6.61 Å². The van der Waals surface area contributed by atoms with Crippen LogP contribution in [0.5, 0.6) is 0 Å². The Kier molecular flexibility index (Phi) is 3.16. The van der Waals surface area contributed by atoms with E-state index in [1.165, 1.54) is 0 Å². The zero-order valence-corrected chi connectivity index (χ0v) is 6.74. The molecule has 0 saturated heterocycles. The quantitative estimate of drug-likeness (QED) is 0.531. The highest BCUT2D eigenvalue weighted by Crippen LogP contribution is 2.20. The number of pyridine rings is 1. The van der Waals surface area contributed by atoms with Crippen molar-refractivity contribution in [1.82, 2.24) is 4.98 Å². The van der Waals surface area contributed by atoms with Gasteiger partial charge in [0.1, 0.15) is 5.69 Å². The Morgan fingerprint density at radius 2 is 2.58 bits per heavy atom. The molecule has 0 fully saturated rings. The Morgan fingerprint density at radius 1 is 1.75 bits per heavy atom. The predicted molar refractivity (Wildman–Crippen MR) is 44.3 cm³/mol. The normalized spacial score (nSPS) is 9.42. The van der Waals surface area contributed by atoms with Crippen LogP contribution in [0.3, 0.4) is 0 Å². The highest BCUT2D eigenvalue weighted by molar-refractivity contribution is 5.57. The third kappa shape index (κ3) is 2.00. The van der Waals surface area contributed by atoms with E-state index in [-0.39, 0.29) is 0 Å². The molecule has 1 aromatic heterocycles. The predicted octanol–water partition coefficient (Wildman–Crippen LogP) is 2.11. The van der Waals surface area contributed by atoms with Gasteiger partial charge in [-0.25, -0.2) is 16.0 Å². The summed E-state index contributed by atoms with van der Waals surface area (Å²) in [5, 5.41) is 3.27. The topological polar surface area (TPSA) is 70.4 Å². The fourth-order valence-corrected chi connectivity index (χ4v) is 0.706. The van der Waals surface area contributed by atoms with Crippen LogP contribution in [-0.4, -0.2) is 11.6 Å². The van der Waals surface area contributed by atoms with E-state index in [0.29, 0.717) is 18.1 Å². The Morgan fingerprint density at radius 3 is 3.25 bits per heavy atom. The van der Waals surface area contributed by atoms with Gasteiger partial charge in [-0.15, -0.1) is 0 Å². The molecule has 5 heteroatoms. The van der Waals surface area contributed by atoms with Crippen LogP contribution in [0.2, 0.25) is 0 Å². The van der Waals surface area contributed by atoms with Crippen molar-refractivity contribution in [2.75, 3.05) is 12.1 Å². The average molecular weight is 166 g/mol. The van der Waals surface area contributed by atoms with Crippen molar-refractivity contribution in [2.45, 2.75) is 6.92 Å². The minimum atomic E-state index is 0.464. The summed E-state index contributed by atoms with van der Waals surface area (Å²) in [5.74, 6) is 0.467. The minimum absolute atomic E-state index is 0.464. The molecular formula is C7H10N4O. The number of hydrogen-bond acceptors (Lipinski definition) is 5. The number of aromatic nitrogens is 1. The fourth-order valence-electron chi connectivity index (χ4n) is 0.706. The first-order valence-electron chi connectivity index (χ1n) is 3.58. The van der Waals surface area contributed by atoms with Crippen LogP contribution in [0.4, 0.5) is 11.5 Å². The molecule has 1 aromatic rings. The monoisotopic (exact) mass is 166 g/mol. The maximum Gasteiger partial charge on any atom is 0.177 e. The molecule has 0 amide bonds. The van der Waals surface area contributed by atoms with E-state index in [2.05, 4.69) is 15.6 Å². The van der Waals surface area contributed by atoms with Gasteiger partial charge in [0.2, 0.25) is 0 Å². The molecule has 0 bridgehead atoms. The molecule has 5 nitrogen and oxygen atoms in total. The van der Waals surface area contributed by atoms with Gasteiger partial charge in [-0.1, -0.05) is 0 Å². The molecular weight excluding hydrogens is 156 g/mol. The Balaban J connectivity index is 2.75. The van der Waals surface area contributed by atoms with Gasteiger partial charge >= 0.3 is 0 Å². The van der Waals surface area contributed by atoms with Crippen LogP contribution < -0.4 is 5.48 Å². The Bertz CT molecular complexity index is 263. The number of anilines is 1. The first-order chi connectivity index (χ1) is 5.88. The van der Waals surface area contributed by atoms with E-state index in [0.717, 1.165) is 0 Å². The third-order valence-electron chi connectivity index (χ3n) is 1.22. The van der Waals surface area contributed by atoms with Crippen molar-refractivity contribution in [3.05, 3.63) is 18.3 Å². The van der Waals surface area contributed by atoms with Gasteiger partial charge in [-0.05, 0) is 19.1 Å². The number of nitrogens with one attached hydrogen (secondary N) is 2. The zero-order chi connectivity index (χ0) is 8.81. The standard InChI is InChI=1S/C7H10N4O/c1-2-12-11-7-6(10-8)4-3-5-9-7/h3-5,8H,2H2,1H3,(H,9,11). The van der Waals surface area contributed by atoms with Crippen LogP contribution in [0.15, 0.2) is 23.4 Å². The summed E-state index contributed by atoms with van der Waals surface area (Å²) in [6, 6.07) is 3.39. The van der Waals surface area contributed by atoms with E-state index in [4.69, 9.17) is 10.4 Å². The van der Waals surface area contributed by atoms with E-state index >= 15 is 0 Å². The zero-order valence-electron chi connectivity index (χ0n) is 6.74. The van der Waals surface area contributed by atoms with Crippen LogP contribution in [0.25, 0.3) is 0 Å². The smallest absolute Gasteiger partial charge is 0.177 e. The van der Waals surface area contributed by atoms with E-state index in [1.54, 1.807) is 18.3 Å². The van der Waals surface area contributed by atoms with Gasteiger partial charge < -0.3 is 0 Å². The van der Waals surface area contributed by atoms with Crippen LogP contribution in [0.1, 0.15) is 6.92 Å². The molecule has 1 rings (SSSR count). The van der Waals surface area contributed by atoms with Gasteiger partial charge in [-0.2, -0.15) is 5.11 Å². The maximum absolute atomic E-state index is 6.81. The maximum atomic E-state index is 6.81. The first kappa shape index (κ1) is 8.61. The van der Waals surface area contributed by atoms with E-state index in [9.17, 15) is 0 Å². The van der Waals surface area contributed by atoms with Crippen LogP contribution in [-0.2, 0) is 4.84 Å². The minimum Gasteiger partial charge on any atom is -0.275 e. The third-order valence-corrected chi connectivity index (χ3v) is 1.22. The second-order valence-corrected chi connectivity index (χ2v) is 2.02. The van der Waals surface area contributed by atoms with Crippen LogP contribution >= 0.6 is 0 Å². The molecule has 0 radical (unpaired) electrons. The molecule has 0 aliphatic rings. The molecule has 0 spiro atoms. The fraction of sp³-hybridized carbons (Fsp3) is 0.286. The summed E-state index contributed by atoms with van der Waals surface area (Å²) in [6.45, 7) is 2.39. The lowest BCUT2D eigenvalue weighted by Crippen LogP contribution is -2.01. The lowest BCUT2D eigenvalue weighted by molar-refractivity contribution is 0.209. The lowest BCUT2D eigenvalue weighted by atomic mass is 10.4. The molecule has 0 aliphatic carbocycles. The summed E-state index contributed by atoms with van der Waals surface area (Å²) in [5.41, 5.74) is 9.86. The average Bonchev–Trinajstić information content (AvgIpc) is 2.15. The Labute approximate surface area is 70.2 Å². The van der Waals surface area contributed by atoms with E-state index < -0.39 is 0 Å². The highest BCUT2D eigenvalue weighted by atomic mass is 16.6. The molecule has 0 unspecified atom stereocenters. The molecule has 0 atom stereocenters. The summed E-state index contributed by atoms with van der Waals surface area (Å²) in [4.78, 5) is 8.84. The summed E-state index contributed by atoms with van der Waals surface area (Å²) in [7, 11) is 0. The van der Waals surface area contributed by atoms with Gasteiger partial charge in [0.25, 0.3) is 0 Å². The van der Waals surface area contributed by atoms with Crippen molar-refractivity contribution in [3.63, 3.8) is 0 Å². The molecule has 2 N–H and O–H groups in total. The molecule has 1 heterocycles. The second kappa shape index (κ2) is 4.40. The SMILES string of the molecule is CCONc1ncccc1N=N. The molecule has 0 aromatic carbocycles. The van der Waals surface area contributed by atoms with Crippen LogP contribution in [0, 0.1) is 5.53 Å². The van der Waals surface area contributed by atoms with E-state index in [1.807, 2.05) is 6.92 Å². The van der Waals surface area contributed by atoms with Gasteiger partial charge in [0, 0.05) is 6.20 Å².